The zero-order chi connectivity index (χ0) is 11.1. The Morgan fingerprint density at radius 3 is 2.88 bits per heavy atom. The largest absolute Gasteiger partial charge is 0.252 e. The van der Waals surface area contributed by atoms with Crippen molar-refractivity contribution in [3.63, 3.8) is 0 Å². The van der Waals surface area contributed by atoms with E-state index >= 15 is 0 Å². The summed E-state index contributed by atoms with van der Waals surface area (Å²) < 4.78 is 0. The second-order valence-corrected chi connectivity index (χ2v) is 4.41. The lowest BCUT2D eigenvalue weighted by Gasteiger charge is -2.00. The molecule has 1 aromatic rings. The molecule has 0 amide bonds. The highest BCUT2D eigenvalue weighted by Gasteiger charge is 2.24. The lowest BCUT2D eigenvalue weighted by atomic mass is 10.1. The van der Waals surface area contributed by atoms with Gasteiger partial charge in [0.2, 0.25) is 0 Å². The molecule has 1 aliphatic carbocycles. The summed E-state index contributed by atoms with van der Waals surface area (Å²) in [5.74, 6) is 0. The highest BCUT2D eigenvalue weighted by molar-refractivity contribution is 6.16. The molecule has 2 nitrogen and oxygen atoms in total. The molecule has 0 N–H and O–H groups in total. The van der Waals surface area contributed by atoms with Crippen LogP contribution in [0.4, 0.5) is 0 Å². The van der Waals surface area contributed by atoms with Crippen molar-refractivity contribution >= 4 is 5.71 Å². The number of hydrogen-bond donors (Lipinski definition) is 0. The van der Waals surface area contributed by atoms with Crippen molar-refractivity contribution in [1.29, 1.82) is 0 Å². The summed E-state index contributed by atoms with van der Waals surface area (Å²) in [6.45, 7) is 4.08. The maximum absolute atomic E-state index is 4.67. The molecule has 0 fully saturated rings. The summed E-state index contributed by atoms with van der Waals surface area (Å²) >= 11 is 0. The van der Waals surface area contributed by atoms with Crippen molar-refractivity contribution in [1.82, 2.24) is 4.98 Å². The molecule has 0 aromatic carbocycles. The molecule has 2 heteroatoms. The number of aryl methyl sites for hydroxylation is 1. The summed E-state index contributed by atoms with van der Waals surface area (Å²) in [6, 6.07) is 4.25. The molecule has 0 unspecified atom stereocenters. The maximum Gasteiger partial charge on any atom is 0.0927 e. The van der Waals surface area contributed by atoms with Crippen molar-refractivity contribution in [3.8, 4) is 0 Å². The predicted octanol–water partition coefficient (Wildman–Crippen LogP) is 2.97. The van der Waals surface area contributed by atoms with Gasteiger partial charge in [0, 0.05) is 17.8 Å². The number of aliphatic imine (C=N–C) groups is 1. The van der Waals surface area contributed by atoms with Gasteiger partial charge < -0.3 is 0 Å². The fraction of sp³-hybridized carbons (Fsp3) is 0.286. The van der Waals surface area contributed by atoms with Crippen LogP contribution in [-0.4, -0.2) is 10.7 Å². The molecular weight excluding hydrogens is 196 g/mol. The van der Waals surface area contributed by atoms with E-state index < -0.39 is 0 Å². The van der Waals surface area contributed by atoms with Crippen LogP contribution in [0, 0.1) is 6.92 Å². The molecule has 0 radical (unpaired) electrons. The zero-order valence-electron chi connectivity index (χ0n) is 9.62. The fourth-order valence-corrected chi connectivity index (χ4v) is 2.26. The minimum Gasteiger partial charge on any atom is -0.252 e. The van der Waals surface area contributed by atoms with Crippen LogP contribution in [0.2, 0.25) is 0 Å². The van der Waals surface area contributed by atoms with Crippen molar-refractivity contribution in [3.05, 3.63) is 52.5 Å². The normalized spacial score (nSPS) is 18.0. The minimum atomic E-state index is 0.987. The first kappa shape index (κ1) is 9.52. The van der Waals surface area contributed by atoms with Gasteiger partial charge in [-0.05, 0) is 37.5 Å². The molecule has 0 saturated heterocycles. The Kier molecular flexibility index (Phi) is 2.03. The molecule has 2 aliphatic rings. The van der Waals surface area contributed by atoms with Gasteiger partial charge in [0.1, 0.15) is 0 Å². The van der Waals surface area contributed by atoms with E-state index in [1.807, 2.05) is 6.92 Å². The highest BCUT2D eigenvalue weighted by Crippen LogP contribution is 2.28. The minimum absolute atomic E-state index is 0.987. The number of allylic oxidation sites excluding steroid dienone is 4. The lowest BCUT2D eigenvalue weighted by molar-refractivity contribution is 1.13. The average molecular weight is 210 g/mol. The monoisotopic (exact) mass is 210 g/mol. The number of aromatic nitrogens is 1. The number of rotatable bonds is 0. The van der Waals surface area contributed by atoms with Gasteiger partial charge in [-0.15, -0.1) is 0 Å². The first-order chi connectivity index (χ1) is 7.74. The Hall–Kier alpha value is -1.70. The van der Waals surface area contributed by atoms with Crippen molar-refractivity contribution < 1.29 is 0 Å². The second-order valence-electron chi connectivity index (χ2n) is 4.41. The first-order valence-electron chi connectivity index (χ1n) is 5.66. The van der Waals surface area contributed by atoms with E-state index in [2.05, 4.69) is 41.2 Å². The smallest absolute Gasteiger partial charge is 0.0927 e. The van der Waals surface area contributed by atoms with Crippen LogP contribution < -0.4 is 0 Å². The first-order valence-corrected chi connectivity index (χ1v) is 5.66. The van der Waals surface area contributed by atoms with E-state index in [9.17, 15) is 0 Å². The van der Waals surface area contributed by atoms with Crippen LogP contribution in [0.15, 0.2) is 40.5 Å². The van der Waals surface area contributed by atoms with Gasteiger partial charge in [0.05, 0.1) is 11.4 Å². The van der Waals surface area contributed by atoms with Crippen molar-refractivity contribution in [2.45, 2.75) is 26.7 Å². The van der Waals surface area contributed by atoms with Gasteiger partial charge in [-0.3, -0.25) is 9.98 Å². The number of fused-ring (bicyclic) bond motifs is 3. The Morgan fingerprint density at radius 2 is 2.00 bits per heavy atom. The molecule has 2 heterocycles. The third-order valence-corrected chi connectivity index (χ3v) is 3.09. The SMILES string of the molecule is CC1=CCC=C2Cc3ccc(C)nc3C2=N1. The second kappa shape index (κ2) is 3.41. The summed E-state index contributed by atoms with van der Waals surface area (Å²) in [7, 11) is 0. The number of hydrogen-bond acceptors (Lipinski definition) is 2. The molecule has 0 atom stereocenters. The molecule has 80 valence electrons. The Bertz CT molecular complexity index is 548. The summed E-state index contributed by atoms with van der Waals surface area (Å²) in [6.07, 6.45) is 6.41. The van der Waals surface area contributed by atoms with Crippen molar-refractivity contribution in [2.24, 2.45) is 4.99 Å². The van der Waals surface area contributed by atoms with Crippen molar-refractivity contribution in [2.75, 3.05) is 0 Å². The van der Waals surface area contributed by atoms with E-state index in [0.29, 0.717) is 0 Å². The molecule has 1 aromatic heterocycles. The van der Waals surface area contributed by atoms with Gasteiger partial charge in [-0.1, -0.05) is 18.2 Å². The third-order valence-electron chi connectivity index (χ3n) is 3.09. The molecule has 16 heavy (non-hydrogen) atoms. The molecule has 0 bridgehead atoms. The van der Waals surface area contributed by atoms with Crippen LogP contribution >= 0.6 is 0 Å². The Balaban J connectivity index is 2.21. The number of nitrogens with zero attached hydrogens (tertiary/aromatic N) is 2. The van der Waals surface area contributed by atoms with E-state index in [1.165, 1.54) is 11.1 Å². The van der Waals surface area contributed by atoms with Gasteiger partial charge in [0.15, 0.2) is 0 Å². The van der Waals surface area contributed by atoms with Gasteiger partial charge >= 0.3 is 0 Å². The molecule has 0 spiro atoms. The fourth-order valence-electron chi connectivity index (χ4n) is 2.26. The Morgan fingerprint density at radius 1 is 1.12 bits per heavy atom. The van der Waals surface area contributed by atoms with Crippen LogP contribution in [0.5, 0.6) is 0 Å². The van der Waals surface area contributed by atoms with Crippen LogP contribution in [0.25, 0.3) is 0 Å². The van der Waals surface area contributed by atoms with E-state index in [-0.39, 0.29) is 0 Å². The van der Waals surface area contributed by atoms with Crippen LogP contribution in [-0.2, 0) is 6.42 Å². The van der Waals surface area contributed by atoms with Gasteiger partial charge in [-0.2, -0.15) is 0 Å². The average Bonchev–Trinajstić information content (AvgIpc) is 2.47. The third kappa shape index (κ3) is 1.42. The summed E-state index contributed by atoms with van der Waals surface area (Å²) in [5.41, 5.74) is 6.98. The molecule has 1 aliphatic heterocycles. The molecule has 3 rings (SSSR count). The standard InChI is InChI=1S/C14H14N2/c1-9-4-3-5-11-8-12-7-6-10(2)16-14(12)13(11)15-9/h4-7H,3,8H2,1-2H3. The predicted molar refractivity (Wildman–Crippen MR) is 65.7 cm³/mol. The zero-order valence-corrected chi connectivity index (χ0v) is 9.62. The van der Waals surface area contributed by atoms with Crippen LogP contribution in [0.3, 0.4) is 0 Å². The quantitative estimate of drug-likeness (QED) is 0.646. The summed E-state index contributed by atoms with van der Waals surface area (Å²) in [5, 5.41) is 0. The van der Waals surface area contributed by atoms with Crippen LogP contribution in [0.1, 0.15) is 30.3 Å². The van der Waals surface area contributed by atoms with E-state index in [0.717, 1.165) is 35.6 Å². The highest BCUT2D eigenvalue weighted by atomic mass is 14.8. The Labute approximate surface area is 95.4 Å². The molecule has 0 saturated carbocycles. The van der Waals surface area contributed by atoms with Gasteiger partial charge in [-0.25, -0.2) is 0 Å². The lowest BCUT2D eigenvalue weighted by Crippen LogP contribution is -2.01. The molecular formula is C14H14N2. The number of pyridine rings is 1. The van der Waals surface area contributed by atoms with E-state index in [1.54, 1.807) is 0 Å². The maximum atomic E-state index is 4.67. The summed E-state index contributed by atoms with van der Waals surface area (Å²) in [4.78, 5) is 9.28. The topological polar surface area (TPSA) is 25.2 Å². The van der Waals surface area contributed by atoms with E-state index in [4.69, 9.17) is 0 Å². The van der Waals surface area contributed by atoms with Gasteiger partial charge in [0.25, 0.3) is 0 Å².